The van der Waals surface area contributed by atoms with E-state index in [1.807, 2.05) is 0 Å². The highest BCUT2D eigenvalue weighted by molar-refractivity contribution is 9.09. The predicted molar refractivity (Wildman–Crippen MR) is 71.7 cm³/mol. The molecule has 0 bridgehead atoms. The Hall–Kier alpha value is 0.440. The van der Waals surface area contributed by atoms with E-state index in [-0.39, 0.29) is 0 Å². The Morgan fingerprint density at radius 2 is 1.80 bits per heavy atom. The van der Waals surface area contributed by atoms with E-state index >= 15 is 0 Å². The smallest absolute Gasteiger partial charge is 0.0159 e. The quantitative estimate of drug-likeness (QED) is 0.661. The van der Waals surface area contributed by atoms with Gasteiger partial charge in [-0.3, -0.25) is 4.90 Å². The fraction of sp³-hybridized carbons (Fsp3) is 1.00. The molecule has 0 heterocycles. The Labute approximate surface area is 104 Å². The van der Waals surface area contributed by atoms with Crippen LogP contribution in [0.15, 0.2) is 0 Å². The summed E-state index contributed by atoms with van der Waals surface area (Å²) < 4.78 is 0. The first kappa shape index (κ1) is 13.5. The van der Waals surface area contributed by atoms with E-state index in [1.54, 1.807) is 0 Å². The molecule has 0 radical (unpaired) electrons. The zero-order valence-electron chi connectivity index (χ0n) is 10.3. The molecular formula is C13H26BrN. The van der Waals surface area contributed by atoms with Crippen LogP contribution in [0, 0.1) is 5.92 Å². The molecule has 0 atom stereocenters. The second kappa shape index (κ2) is 7.67. The SMILES string of the molecule is CC(C)CCN(CCBr)C1CCCCC1. The molecular weight excluding hydrogens is 250 g/mol. The minimum absolute atomic E-state index is 0.839. The largest absolute Gasteiger partial charge is 0.300 e. The van der Waals surface area contributed by atoms with Crippen LogP contribution < -0.4 is 0 Å². The fourth-order valence-electron chi connectivity index (χ4n) is 2.46. The van der Waals surface area contributed by atoms with Gasteiger partial charge in [-0.1, -0.05) is 49.0 Å². The molecule has 0 saturated heterocycles. The Morgan fingerprint density at radius 1 is 1.13 bits per heavy atom. The molecule has 1 rings (SSSR count). The van der Waals surface area contributed by atoms with Crippen LogP contribution >= 0.6 is 15.9 Å². The van der Waals surface area contributed by atoms with Crippen LogP contribution in [0.1, 0.15) is 52.4 Å². The van der Waals surface area contributed by atoms with Crippen molar-refractivity contribution in [3.05, 3.63) is 0 Å². The molecule has 1 fully saturated rings. The van der Waals surface area contributed by atoms with Crippen LogP contribution in [-0.2, 0) is 0 Å². The van der Waals surface area contributed by atoms with Gasteiger partial charge in [0.25, 0.3) is 0 Å². The molecule has 0 unspecified atom stereocenters. The van der Waals surface area contributed by atoms with E-state index in [0.29, 0.717) is 0 Å². The lowest BCUT2D eigenvalue weighted by molar-refractivity contribution is 0.158. The van der Waals surface area contributed by atoms with Crippen molar-refractivity contribution in [1.29, 1.82) is 0 Å². The molecule has 0 amide bonds. The Morgan fingerprint density at radius 3 is 2.33 bits per heavy atom. The van der Waals surface area contributed by atoms with Crippen molar-refractivity contribution in [3.8, 4) is 0 Å². The van der Waals surface area contributed by atoms with Gasteiger partial charge in [-0.05, 0) is 31.7 Å². The van der Waals surface area contributed by atoms with Crippen molar-refractivity contribution in [2.75, 3.05) is 18.4 Å². The lowest BCUT2D eigenvalue weighted by atomic mass is 9.94. The molecule has 0 aromatic rings. The lowest BCUT2D eigenvalue weighted by Gasteiger charge is -2.34. The average molecular weight is 276 g/mol. The second-order valence-electron chi connectivity index (χ2n) is 5.20. The molecule has 0 N–H and O–H groups in total. The van der Waals surface area contributed by atoms with Crippen LogP contribution in [0.3, 0.4) is 0 Å². The predicted octanol–water partition coefficient (Wildman–Crippen LogP) is 4.06. The summed E-state index contributed by atoms with van der Waals surface area (Å²) in [6.45, 7) is 7.19. The first-order chi connectivity index (χ1) is 7.24. The average Bonchev–Trinajstić information content (AvgIpc) is 2.25. The van der Waals surface area contributed by atoms with Gasteiger partial charge in [0.1, 0.15) is 0 Å². The van der Waals surface area contributed by atoms with Crippen molar-refractivity contribution in [1.82, 2.24) is 4.90 Å². The molecule has 15 heavy (non-hydrogen) atoms. The molecule has 1 nitrogen and oxygen atoms in total. The van der Waals surface area contributed by atoms with Crippen LogP contribution in [0.4, 0.5) is 0 Å². The minimum Gasteiger partial charge on any atom is -0.300 e. The fourth-order valence-corrected chi connectivity index (χ4v) is 2.91. The van der Waals surface area contributed by atoms with Gasteiger partial charge in [0.2, 0.25) is 0 Å². The summed E-state index contributed by atoms with van der Waals surface area (Å²) in [6, 6.07) is 0.884. The lowest BCUT2D eigenvalue weighted by Crippen LogP contribution is -2.39. The standard InChI is InChI=1S/C13H26BrN/c1-12(2)8-10-15(11-9-14)13-6-4-3-5-7-13/h12-13H,3-11H2,1-2H3. The van der Waals surface area contributed by atoms with Crippen LogP contribution in [-0.4, -0.2) is 29.4 Å². The summed E-state index contributed by atoms with van der Waals surface area (Å²) in [5, 5.41) is 1.13. The molecule has 0 aromatic heterocycles. The summed E-state index contributed by atoms with van der Waals surface area (Å²) in [7, 11) is 0. The first-order valence-electron chi connectivity index (χ1n) is 6.54. The highest BCUT2D eigenvalue weighted by atomic mass is 79.9. The number of rotatable bonds is 6. The molecule has 1 aliphatic rings. The molecule has 0 aromatic carbocycles. The van der Waals surface area contributed by atoms with Gasteiger partial charge in [0.05, 0.1) is 0 Å². The Bertz CT molecular complexity index is 153. The van der Waals surface area contributed by atoms with Crippen LogP contribution in [0.2, 0.25) is 0 Å². The van der Waals surface area contributed by atoms with Gasteiger partial charge in [0, 0.05) is 17.9 Å². The van der Waals surface area contributed by atoms with E-state index in [2.05, 4.69) is 34.7 Å². The summed E-state index contributed by atoms with van der Waals surface area (Å²) in [5.74, 6) is 0.839. The number of alkyl halides is 1. The van der Waals surface area contributed by atoms with Gasteiger partial charge < -0.3 is 0 Å². The summed E-state index contributed by atoms with van der Waals surface area (Å²) >= 11 is 3.58. The van der Waals surface area contributed by atoms with E-state index in [0.717, 1.165) is 17.3 Å². The third kappa shape index (κ3) is 5.35. The maximum Gasteiger partial charge on any atom is 0.0159 e. The molecule has 0 spiro atoms. The molecule has 2 heteroatoms. The van der Waals surface area contributed by atoms with Gasteiger partial charge in [-0.2, -0.15) is 0 Å². The Balaban J connectivity index is 2.33. The molecule has 1 saturated carbocycles. The van der Waals surface area contributed by atoms with Crippen LogP contribution in [0.25, 0.3) is 0 Å². The summed E-state index contributed by atoms with van der Waals surface area (Å²) in [6.07, 6.45) is 8.58. The first-order valence-corrected chi connectivity index (χ1v) is 7.66. The van der Waals surface area contributed by atoms with E-state index in [9.17, 15) is 0 Å². The number of hydrogen-bond donors (Lipinski definition) is 0. The maximum absolute atomic E-state index is 3.58. The third-order valence-electron chi connectivity index (χ3n) is 3.46. The highest BCUT2D eigenvalue weighted by Crippen LogP contribution is 2.23. The van der Waals surface area contributed by atoms with Gasteiger partial charge in [-0.15, -0.1) is 0 Å². The molecule has 90 valence electrons. The van der Waals surface area contributed by atoms with E-state index in [1.165, 1.54) is 51.6 Å². The topological polar surface area (TPSA) is 3.24 Å². The van der Waals surface area contributed by atoms with Crippen LogP contribution in [0.5, 0.6) is 0 Å². The monoisotopic (exact) mass is 275 g/mol. The van der Waals surface area contributed by atoms with Crippen molar-refractivity contribution >= 4 is 15.9 Å². The van der Waals surface area contributed by atoms with Crippen molar-refractivity contribution < 1.29 is 0 Å². The summed E-state index contributed by atoms with van der Waals surface area (Å²) in [5.41, 5.74) is 0. The molecule has 1 aliphatic carbocycles. The van der Waals surface area contributed by atoms with Crippen molar-refractivity contribution in [2.24, 2.45) is 5.92 Å². The Kier molecular flexibility index (Phi) is 6.91. The zero-order valence-corrected chi connectivity index (χ0v) is 11.9. The van der Waals surface area contributed by atoms with Gasteiger partial charge in [-0.25, -0.2) is 0 Å². The normalized spacial score (nSPS) is 19.0. The van der Waals surface area contributed by atoms with Crippen molar-refractivity contribution in [2.45, 2.75) is 58.4 Å². The number of halogens is 1. The second-order valence-corrected chi connectivity index (χ2v) is 5.99. The number of hydrogen-bond acceptors (Lipinski definition) is 1. The van der Waals surface area contributed by atoms with Gasteiger partial charge in [0.15, 0.2) is 0 Å². The molecule has 0 aliphatic heterocycles. The van der Waals surface area contributed by atoms with E-state index in [4.69, 9.17) is 0 Å². The van der Waals surface area contributed by atoms with Crippen molar-refractivity contribution in [3.63, 3.8) is 0 Å². The van der Waals surface area contributed by atoms with E-state index < -0.39 is 0 Å². The maximum atomic E-state index is 3.58. The summed E-state index contributed by atoms with van der Waals surface area (Å²) in [4.78, 5) is 2.72. The number of nitrogens with zero attached hydrogens (tertiary/aromatic N) is 1. The van der Waals surface area contributed by atoms with Gasteiger partial charge >= 0.3 is 0 Å². The zero-order chi connectivity index (χ0) is 11.1. The highest BCUT2D eigenvalue weighted by Gasteiger charge is 2.20. The minimum atomic E-state index is 0.839. The third-order valence-corrected chi connectivity index (χ3v) is 3.81.